The molecule has 0 unspecified atom stereocenters. The summed E-state index contributed by atoms with van der Waals surface area (Å²) in [5.74, 6) is 0.561. The van der Waals surface area contributed by atoms with Gasteiger partial charge in [0.05, 0.1) is 11.6 Å². The van der Waals surface area contributed by atoms with Gasteiger partial charge in [0.15, 0.2) is 11.5 Å². The minimum absolute atomic E-state index is 0.114. The second-order valence-corrected chi connectivity index (χ2v) is 6.77. The van der Waals surface area contributed by atoms with E-state index in [0.29, 0.717) is 16.3 Å². The van der Waals surface area contributed by atoms with E-state index in [4.69, 9.17) is 4.74 Å². The zero-order valence-corrected chi connectivity index (χ0v) is 13.4. The number of rotatable bonds is 5. The molecule has 2 aromatic rings. The SMILES string of the molecule is COc1cc(-c2ncc(CNC3CC3)s2)cc(Br)c1O. The molecule has 0 spiro atoms. The molecule has 0 radical (unpaired) electrons. The molecule has 1 aliphatic rings. The molecule has 0 amide bonds. The molecule has 1 heterocycles. The first-order chi connectivity index (χ1) is 9.67. The van der Waals surface area contributed by atoms with Crippen molar-refractivity contribution in [2.45, 2.75) is 25.4 Å². The minimum atomic E-state index is 0.114. The van der Waals surface area contributed by atoms with Gasteiger partial charge in [0.1, 0.15) is 5.01 Å². The molecule has 1 aliphatic carbocycles. The number of methoxy groups -OCH3 is 1. The molecule has 1 aromatic carbocycles. The van der Waals surface area contributed by atoms with Crippen LogP contribution < -0.4 is 10.1 Å². The summed E-state index contributed by atoms with van der Waals surface area (Å²) in [5.41, 5.74) is 0.939. The lowest BCUT2D eigenvalue weighted by atomic mass is 10.2. The number of aromatic hydroxyl groups is 1. The summed E-state index contributed by atoms with van der Waals surface area (Å²) in [6, 6.07) is 4.36. The number of phenolic OH excluding ortho intramolecular Hbond substituents is 1. The predicted octanol–water partition coefficient (Wildman–Crippen LogP) is 3.54. The van der Waals surface area contributed by atoms with Crippen LogP contribution in [0.3, 0.4) is 0 Å². The van der Waals surface area contributed by atoms with Gasteiger partial charge < -0.3 is 15.2 Å². The summed E-state index contributed by atoms with van der Waals surface area (Å²) < 4.78 is 5.78. The first-order valence-corrected chi connectivity index (χ1v) is 8.03. The molecule has 1 saturated carbocycles. The molecule has 0 atom stereocenters. The standard InChI is InChI=1S/C14H15BrN2O2S/c1-19-12-5-8(4-11(15)13(12)18)14-17-7-10(20-14)6-16-9-2-3-9/h4-5,7,9,16,18H,2-3,6H2,1H3. The van der Waals surface area contributed by atoms with Gasteiger partial charge >= 0.3 is 0 Å². The number of thiazole rings is 1. The number of benzene rings is 1. The molecule has 106 valence electrons. The number of halogens is 1. The Balaban J connectivity index is 1.82. The third-order valence-corrected chi connectivity index (χ3v) is 4.84. The van der Waals surface area contributed by atoms with Gasteiger partial charge in [-0.05, 0) is 40.9 Å². The Morgan fingerprint density at radius 2 is 2.30 bits per heavy atom. The maximum absolute atomic E-state index is 9.83. The van der Waals surface area contributed by atoms with Crippen LogP contribution in [0.5, 0.6) is 11.5 Å². The van der Waals surface area contributed by atoms with Crippen LogP contribution in [-0.4, -0.2) is 23.2 Å². The Morgan fingerprint density at radius 3 is 3.00 bits per heavy atom. The fraction of sp³-hybridized carbons (Fsp3) is 0.357. The fourth-order valence-corrected chi connectivity index (χ4v) is 3.20. The highest BCUT2D eigenvalue weighted by atomic mass is 79.9. The summed E-state index contributed by atoms with van der Waals surface area (Å²) in [6.07, 6.45) is 4.48. The zero-order valence-electron chi connectivity index (χ0n) is 11.0. The van der Waals surface area contributed by atoms with E-state index < -0.39 is 0 Å². The quantitative estimate of drug-likeness (QED) is 0.862. The largest absolute Gasteiger partial charge is 0.503 e. The molecule has 0 aliphatic heterocycles. The third-order valence-electron chi connectivity index (χ3n) is 3.19. The van der Waals surface area contributed by atoms with Gasteiger partial charge in [0, 0.05) is 29.2 Å². The molecule has 2 N–H and O–H groups in total. The molecular formula is C14H15BrN2O2S. The highest BCUT2D eigenvalue weighted by molar-refractivity contribution is 9.10. The lowest BCUT2D eigenvalue weighted by molar-refractivity contribution is 0.372. The molecule has 4 nitrogen and oxygen atoms in total. The van der Waals surface area contributed by atoms with E-state index in [-0.39, 0.29) is 5.75 Å². The number of nitrogens with zero attached hydrogens (tertiary/aromatic N) is 1. The summed E-state index contributed by atoms with van der Waals surface area (Å²) in [4.78, 5) is 5.67. The lowest BCUT2D eigenvalue weighted by Gasteiger charge is -2.07. The maximum atomic E-state index is 9.83. The monoisotopic (exact) mass is 354 g/mol. The minimum Gasteiger partial charge on any atom is -0.503 e. The van der Waals surface area contributed by atoms with Crippen LogP contribution in [0, 0.1) is 0 Å². The molecule has 0 saturated heterocycles. The van der Waals surface area contributed by atoms with Crippen LogP contribution in [0.1, 0.15) is 17.7 Å². The number of ether oxygens (including phenoxy) is 1. The van der Waals surface area contributed by atoms with Crippen molar-refractivity contribution in [3.8, 4) is 22.1 Å². The van der Waals surface area contributed by atoms with Crippen LogP contribution >= 0.6 is 27.3 Å². The van der Waals surface area contributed by atoms with E-state index >= 15 is 0 Å². The Hall–Kier alpha value is -1.11. The van der Waals surface area contributed by atoms with Crippen molar-refractivity contribution >= 4 is 27.3 Å². The van der Waals surface area contributed by atoms with E-state index in [1.54, 1.807) is 17.4 Å². The number of aromatic nitrogens is 1. The second kappa shape index (κ2) is 5.71. The molecule has 0 bridgehead atoms. The Morgan fingerprint density at radius 1 is 1.50 bits per heavy atom. The Bertz CT molecular complexity index is 626. The van der Waals surface area contributed by atoms with Gasteiger partial charge in [-0.15, -0.1) is 11.3 Å². The Labute approximate surface area is 129 Å². The highest BCUT2D eigenvalue weighted by Crippen LogP contribution is 2.39. The summed E-state index contributed by atoms with van der Waals surface area (Å²) in [7, 11) is 1.54. The van der Waals surface area contributed by atoms with E-state index in [2.05, 4.69) is 26.2 Å². The van der Waals surface area contributed by atoms with Crippen molar-refractivity contribution in [3.05, 3.63) is 27.7 Å². The highest BCUT2D eigenvalue weighted by Gasteiger charge is 2.20. The summed E-state index contributed by atoms with van der Waals surface area (Å²) >= 11 is 4.99. The third kappa shape index (κ3) is 2.97. The van der Waals surface area contributed by atoms with E-state index in [1.807, 2.05) is 12.3 Å². The lowest BCUT2D eigenvalue weighted by Crippen LogP contribution is -2.14. The number of hydrogen-bond acceptors (Lipinski definition) is 5. The average Bonchev–Trinajstić information content (AvgIpc) is 3.16. The topological polar surface area (TPSA) is 54.4 Å². The van der Waals surface area contributed by atoms with Crippen molar-refractivity contribution < 1.29 is 9.84 Å². The van der Waals surface area contributed by atoms with E-state index in [9.17, 15) is 5.11 Å². The first-order valence-electron chi connectivity index (χ1n) is 6.42. The number of hydrogen-bond donors (Lipinski definition) is 2. The Kier molecular flexibility index (Phi) is 3.96. The number of nitrogens with one attached hydrogen (secondary N) is 1. The van der Waals surface area contributed by atoms with E-state index in [0.717, 1.165) is 17.1 Å². The van der Waals surface area contributed by atoms with Crippen molar-refractivity contribution in [2.24, 2.45) is 0 Å². The van der Waals surface area contributed by atoms with Gasteiger partial charge in [-0.1, -0.05) is 0 Å². The average molecular weight is 355 g/mol. The molecule has 6 heteroatoms. The van der Waals surface area contributed by atoms with E-state index in [1.165, 1.54) is 24.8 Å². The van der Waals surface area contributed by atoms with Gasteiger partial charge in [-0.25, -0.2) is 4.98 Å². The first kappa shape index (κ1) is 13.9. The van der Waals surface area contributed by atoms with Crippen LogP contribution in [0.4, 0.5) is 0 Å². The number of phenols is 1. The van der Waals surface area contributed by atoms with Crippen LogP contribution in [0.25, 0.3) is 10.6 Å². The summed E-state index contributed by atoms with van der Waals surface area (Å²) in [6.45, 7) is 0.874. The van der Waals surface area contributed by atoms with Crippen LogP contribution in [-0.2, 0) is 6.54 Å². The van der Waals surface area contributed by atoms with Gasteiger partial charge in [0.25, 0.3) is 0 Å². The molecule has 1 fully saturated rings. The van der Waals surface area contributed by atoms with Gasteiger partial charge in [0.2, 0.25) is 0 Å². The molecular weight excluding hydrogens is 340 g/mol. The maximum Gasteiger partial charge on any atom is 0.172 e. The van der Waals surface area contributed by atoms with Crippen molar-refractivity contribution in [1.82, 2.24) is 10.3 Å². The van der Waals surface area contributed by atoms with Crippen molar-refractivity contribution in [3.63, 3.8) is 0 Å². The van der Waals surface area contributed by atoms with Gasteiger partial charge in [-0.3, -0.25) is 0 Å². The molecule has 3 rings (SSSR count). The predicted molar refractivity (Wildman–Crippen MR) is 83.3 cm³/mol. The van der Waals surface area contributed by atoms with Crippen molar-refractivity contribution in [2.75, 3.05) is 7.11 Å². The van der Waals surface area contributed by atoms with Crippen LogP contribution in [0.15, 0.2) is 22.8 Å². The molecule has 1 aromatic heterocycles. The second-order valence-electron chi connectivity index (χ2n) is 4.80. The van der Waals surface area contributed by atoms with Crippen LogP contribution in [0.2, 0.25) is 0 Å². The molecule has 20 heavy (non-hydrogen) atoms. The van der Waals surface area contributed by atoms with Crippen molar-refractivity contribution in [1.29, 1.82) is 0 Å². The summed E-state index contributed by atoms with van der Waals surface area (Å²) in [5, 5.41) is 14.2. The van der Waals surface area contributed by atoms with Gasteiger partial charge in [-0.2, -0.15) is 0 Å². The fourth-order valence-electron chi connectivity index (χ4n) is 1.91. The normalized spacial score (nSPS) is 14.5. The smallest absolute Gasteiger partial charge is 0.172 e. The zero-order chi connectivity index (χ0) is 14.1.